The quantitative estimate of drug-likeness (QED) is 0.646. The van der Waals surface area contributed by atoms with Crippen LogP contribution in [0.25, 0.3) is 0 Å². The molecule has 0 atom stereocenters. The molecule has 8 heteroatoms. The number of sulfonamides is 1. The fourth-order valence-corrected chi connectivity index (χ4v) is 5.45. The molecule has 2 amide bonds. The first-order valence-electron chi connectivity index (χ1n) is 11.6. The van der Waals surface area contributed by atoms with Crippen LogP contribution in [0.15, 0.2) is 53.4 Å². The first-order valence-corrected chi connectivity index (χ1v) is 13.0. The lowest BCUT2D eigenvalue weighted by Gasteiger charge is -2.30. The predicted molar refractivity (Wildman–Crippen MR) is 128 cm³/mol. The average Bonchev–Trinajstić information content (AvgIpc) is 3.63. The van der Waals surface area contributed by atoms with E-state index < -0.39 is 10.0 Å². The molecule has 33 heavy (non-hydrogen) atoms. The first-order chi connectivity index (χ1) is 15.7. The van der Waals surface area contributed by atoms with Crippen LogP contribution in [-0.4, -0.2) is 43.7 Å². The number of carbonyl (C=O) groups is 2. The van der Waals surface area contributed by atoms with Gasteiger partial charge in [-0.25, -0.2) is 8.42 Å². The average molecular weight is 470 g/mol. The number of carbonyl (C=O) groups excluding carboxylic acids is 2. The Hall–Kier alpha value is -2.71. The van der Waals surface area contributed by atoms with Crippen molar-refractivity contribution in [2.24, 2.45) is 5.92 Å². The third-order valence-electron chi connectivity index (χ3n) is 6.34. The van der Waals surface area contributed by atoms with Gasteiger partial charge in [0.25, 0.3) is 5.91 Å². The highest BCUT2D eigenvalue weighted by Crippen LogP contribution is 2.26. The maximum atomic E-state index is 13.0. The number of hydrogen-bond donors (Lipinski definition) is 2. The third-order valence-corrected chi connectivity index (χ3v) is 8.25. The number of benzene rings is 2. The Labute approximate surface area is 195 Å². The van der Waals surface area contributed by atoms with E-state index >= 15 is 0 Å². The minimum absolute atomic E-state index is 0.0946. The topological polar surface area (TPSA) is 95.6 Å². The zero-order valence-corrected chi connectivity index (χ0v) is 19.9. The van der Waals surface area contributed by atoms with Gasteiger partial charge in [-0.1, -0.05) is 26.0 Å². The number of rotatable bonds is 7. The van der Waals surface area contributed by atoms with E-state index in [1.165, 1.54) is 4.31 Å². The van der Waals surface area contributed by atoms with Crippen molar-refractivity contribution in [2.45, 2.75) is 56.4 Å². The maximum absolute atomic E-state index is 13.0. The van der Waals surface area contributed by atoms with E-state index in [0.717, 1.165) is 18.4 Å². The Morgan fingerprint density at radius 2 is 1.52 bits per heavy atom. The van der Waals surface area contributed by atoms with Crippen molar-refractivity contribution in [1.82, 2.24) is 9.62 Å². The van der Waals surface area contributed by atoms with E-state index in [1.807, 2.05) is 12.1 Å². The minimum Gasteiger partial charge on any atom is -0.349 e. The van der Waals surface area contributed by atoms with Crippen molar-refractivity contribution in [1.29, 1.82) is 0 Å². The number of piperidine rings is 1. The summed E-state index contributed by atoms with van der Waals surface area (Å²) in [6, 6.07) is 14.2. The highest BCUT2D eigenvalue weighted by atomic mass is 32.2. The van der Waals surface area contributed by atoms with Gasteiger partial charge in [-0.05, 0) is 73.6 Å². The van der Waals surface area contributed by atoms with Gasteiger partial charge in [0, 0.05) is 36.3 Å². The summed E-state index contributed by atoms with van der Waals surface area (Å²) in [5.41, 5.74) is 2.30. The Morgan fingerprint density at radius 1 is 0.909 bits per heavy atom. The number of anilines is 1. The Morgan fingerprint density at radius 3 is 2.06 bits per heavy atom. The molecule has 1 aliphatic heterocycles. The van der Waals surface area contributed by atoms with E-state index in [4.69, 9.17) is 0 Å². The molecule has 1 heterocycles. The van der Waals surface area contributed by atoms with Crippen LogP contribution in [0.3, 0.4) is 0 Å². The summed E-state index contributed by atoms with van der Waals surface area (Å²) in [7, 11) is -3.57. The van der Waals surface area contributed by atoms with Crippen molar-refractivity contribution in [3.8, 4) is 0 Å². The van der Waals surface area contributed by atoms with E-state index in [0.29, 0.717) is 54.0 Å². The summed E-state index contributed by atoms with van der Waals surface area (Å²) in [5.74, 6) is -0.129. The van der Waals surface area contributed by atoms with Crippen molar-refractivity contribution in [3.63, 3.8) is 0 Å². The molecule has 2 aliphatic rings. The molecule has 1 aliphatic carbocycles. The second-order valence-electron chi connectivity index (χ2n) is 9.22. The molecule has 7 nitrogen and oxygen atoms in total. The number of hydrogen-bond acceptors (Lipinski definition) is 4. The Kier molecular flexibility index (Phi) is 6.86. The molecular weight excluding hydrogens is 438 g/mol. The second kappa shape index (κ2) is 9.65. The predicted octanol–water partition coefficient (Wildman–Crippen LogP) is 3.74. The second-order valence-corrected chi connectivity index (χ2v) is 11.2. The van der Waals surface area contributed by atoms with Gasteiger partial charge in [-0.2, -0.15) is 4.31 Å². The van der Waals surface area contributed by atoms with Crippen LogP contribution in [0.2, 0.25) is 0 Å². The fourth-order valence-electron chi connectivity index (χ4n) is 3.98. The molecule has 0 aromatic heterocycles. The lowest BCUT2D eigenvalue weighted by Crippen LogP contribution is -2.41. The molecular formula is C25H31N3O4S. The molecule has 1 saturated carbocycles. The SMILES string of the molecule is CC(C)c1ccc(S(=O)(=O)N2CCC(C(=O)Nc3ccc(C(=O)NC4CC4)cc3)CC2)cc1. The molecule has 0 bridgehead atoms. The lowest BCUT2D eigenvalue weighted by molar-refractivity contribution is -0.120. The lowest BCUT2D eigenvalue weighted by atomic mass is 9.97. The van der Waals surface area contributed by atoms with Crippen molar-refractivity contribution < 1.29 is 18.0 Å². The van der Waals surface area contributed by atoms with Gasteiger partial charge in [0.2, 0.25) is 15.9 Å². The van der Waals surface area contributed by atoms with Crippen LogP contribution in [-0.2, 0) is 14.8 Å². The zero-order valence-electron chi connectivity index (χ0n) is 19.1. The van der Waals surface area contributed by atoms with Crippen molar-refractivity contribution in [3.05, 3.63) is 59.7 Å². The van der Waals surface area contributed by atoms with Gasteiger partial charge in [0.15, 0.2) is 0 Å². The summed E-state index contributed by atoms with van der Waals surface area (Å²) in [6.45, 7) is 4.76. The van der Waals surface area contributed by atoms with Crippen molar-refractivity contribution in [2.75, 3.05) is 18.4 Å². The number of nitrogens with zero attached hydrogens (tertiary/aromatic N) is 1. The smallest absolute Gasteiger partial charge is 0.251 e. The molecule has 2 fully saturated rings. The van der Waals surface area contributed by atoms with Gasteiger partial charge < -0.3 is 10.6 Å². The fraction of sp³-hybridized carbons (Fsp3) is 0.440. The molecule has 4 rings (SSSR count). The van der Waals surface area contributed by atoms with E-state index in [2.05, 4.69) is 24.5 Å². The standard InChI is InChI=1S/C25H31N3O4S/c1-17(2)18-5-11-23(12-6-18)33(31,32)28-15-13-20(14-16-28)25(30)26-21-7-3-19(4-8-21)24(29)27-22-9-10-22/h3-8,11-12,17,20,22H,9-10,13-16H2,1-2H3,(H,26,30)(H,27,29). The molecule has 0 spiro atoms. The zero-order chi connectivity index (χ0) is 23.6. The van der Waals surface area contributed by atoms with Crippen LogP contribution in [0.5, 0.6) is 0 Å². The normalized spacial score (nSPS) is 17.7. The van der Waals surface area contributed by atoms with Gasteiger partial charge in [-0.3, -0.25) is 9.59 Å². The summed E-state index contributed by atoms with van der Waals surface area (Å²) < 4.78 is 27.4. The largest absolute Gasteiger partial charge is 0.349 e. The molecule has 2 aromatic rings. The first kappa shape index (κ1) is 23.4. The Bertz CT molecular complexity index is 1100. The van der Waals surface area contributed by atoms with E-state index in [-0.39, 0.29) is 17.7 Å². The highest BCUT2D eigenvalue weighted by molar-refractivity contribution is 7.89. The van der Waals surface area contributed by atoms with E-state index in [9.17, 15) is 18.0 Å². The molecule has 2 aromatic carbocycles. The summed E-state index contributed by atoms with van der Waals surface area (Å²) in [5, 5.41) is 5.83. The monoisotopic (exact) mass is 469 g/mol. The van der Waals surface area contributed by atoms with E-state index in [1.54, 1.807) is 36.4 Å². The van der Waals surface area contributed by atoms with Crippen LogP contribution in [0, 0.1) is 5.92 Å². The van der Waals surface area contributed by atoms with Gasteiger partial charge in [0.1, 0.15) is 0 Å². The molecule has 0 radical (unpaired) electrons. The summed E-state index contributed by atoms with van der Waals surface area (Å²) in [6.07, 6.45) is 3.00. The minimum atomic E-state index is -3.57. The van der Waals surface area contributed by atoms with Crippen LogP contribution < -0.4 is 10.6 Å². The molecule has 1 saturated heterocycles. The summed E-state index contributed by atoms with van der Waals surface area (Å²) >= 11 is 0. The van der Waals surface area contributed by atoms with Gasteiger partial charge >= 0.3 is 0 Å². The van der Waals surface area contributed by atoms with Gasteiger partial charge in [-0.15, -0.1) is 0 Å². The molecule has 0 unspecified atom stereocenters. The van der Waals surface area contributed by atoms with Crippen LogP contribution >= 0.6 is 0 Å². The van der Waals surface area contributed by atoms with Crippen molar-refractivity contribution >= 4 is 27.5 Å². The third kappa shape index (κ3) is 5.62. The maximum Gasteiger partial charge on any atom is 0.251 e. The van der Waals surface area contributed by atoms with Crippen LogP contribution in [0.4, 0.5) is 5.69 Å². The van der Waals surface area contributed by atoms with Gasteiger partial charge in [0.05, 0.1) is 4.90 Å². The van der Waals surface area contributed by atoms with Crippen LogP contribution in [0.1, 0.15) is 61.4 Å². The number of nitrogens with one attached hydrogen (secondary N) is 2. The number of amides is 2. The Balaban J connectivity index is 1.30. The molecule has 2 N–H and O–H groups in total. The summed E-state index contributed by atoms with van der Waals surface area (Å²) in [4.78, 5) is 25.1. The molecule has 176 valence electrons. The highest BCUT2D eigenvalue weighted by Gasteiger charge is 2.32.